The first-order chi connectivity index (χ1) is 6.20. The van der Waals surface area contributed by atoms with Crippen LogP contribution in [0.4, 0.5) is 0 Å². The van der Waals surface area contributed by atoms with Gasteiger partial charge in [0.15, 0.2) is 0 Å². The standard InChI is InChI=1S/C9H11NO2S/c1-5(9(11)12)8-7(6-2-3-6)10-4-13-8/h4-6H,2-3H2,1H3,(H,11,12). The highest BCUT2D eigenvalue weighted by Gasteiger charge is 2.31. The molecular weight excluding hydrogens is 186 g/mol. The molecule has 1 N–H and O–H groups in total. The molecule has 0 spiro atoms. The van der Waals surface area contributed by atoms with Crippen molar-refractivity contribution in [1.82, 2.24) is 4.98 Å². The molecule has 1 saturated carbocycles. The summed E-state index contributed by atoms with van der Waals surface area (Å²) in [6.07, 6.45) is 2.34. The lowest BCUT2D eigenvalue weighted by molar-refractivity contribution is -0.138. The molecule has 1 atom stereocenters. The molecule has 1 fully saturated rings. The highest BCUT2D eigenvalue weighted by atomic mass is 32.1. The Morgan fingerprint density at radius 2 is 2.46 bits per heavy atom. The van der Waals surface area contributed by atoms with Gasteiger partial charge < -0.3 is 5.11 Å². The Bertz CT molecular complexity index is 330. The first-order valence-corrected chi connectivity index (χ1v) is 5.24. The molecule has 1 aromatic rings. The third-order valence-electron chi connectivity index (χ3n) is 2.35. The van der Waals surface area contributed by atoms with Gasteiger partial charge in [0.1, 0.15) is 0 Å². The molecule has 3 nitrogen and oxygen atoms in total. The first-order valence-electron chi connectivity index (χ1n) is 4.36. The van der Waals surface area contributed by atoms with E-state index in [1.165, 1.54) is 24.2 Å². The molecule has 0 amide bonds. The summed E-state index contributed by atoms with van der Waals surface area (Å²) in [6.45, 7) is 1.72. The summed E-state index contributed by atoms with van der Waals surface area (Å²) in [5.41, 5.74) is 2.78. The maximum atomic E-state index is 10.8. The molecule has 2 rings (SSSR count). The zero-order valence-electron chi connectivity index (χ0n) is 7.36. The minimum atomic E-state index is -0.758. The normalized spacial score (nSPS) is 18.5. The quantitative estimate of drug-likeness (QED) is 0.808. The van der Waals surface area contributed by atoms with Crippen LogP contribution in [0.3, 0.4) is 0 Å². The van der Waals surface area contributed by atoms with Crippen LogP contribution in [0.5, 0.6) is 0 Å². The lowest BCUT2D eigenvalue weighted by Crippen LogP contribution is -2.07. The van der Waals surface area contributed by atoms with Gasteiger partial charge in [0.2, 0.25) is 0 Å². The van der Waals surface area contributed by atoms with Crippen LogP contribution < -0.4 is 0 Å². The second kappa shape index (κ2) is 3.10. The van der Waals surface area contributed by atoms with Crippen LogP contribution in [0.15, 0.2) is 5.51 Å². The Hall–Kier alpha value is -0.900. The molecule has 1 aliphatic carbocycles. The van der Waals surface area contributed by atoms with Crippen molar-refractivity contribution in [2.45, 2.75) is 31.6 Å². The highest BCUT2D eigenvalue weighted by molar-refractivity contribution is 7.10. The number of aliphatic carboxylic acids is 1. The van der Waals surface area contributed by atoms with Gasteiger partial charge in [-0.2, -0.15) is 0 Å². The van der Waals surface area contributed by atoms with Gasteiger partial charge in [0, 0.05) is 10.8 Å². The topological polar surface area (TPSA) is 50.2 Å². The largest absolute Gasteiger partial charge is 0.481 e. The van der Waals surface area contributed by atoms with E-state index in [2.05, 4.69) is 4.98 Å². The third kappa shape index (κ3) is 1.58. The van der Waals surface area contributed by atoms with Crippen LogP contribution in [0.2, 0.25) is 0 Å². The maximum absolute atomic E-state index is 10.8. The van der Waals surface area contributed by atoms with E-state index in [0.717, 1.165) is 10.6 Å². The van der Waals surface area contributed by atoms with Crippen molar-refractivity contribution in [2.24, 2.45) is 0 Å². The Morgan fingerprint density at radius 3 is 3.00 bits per heavy atom. The van der Waals surface area contributed by atoms with Crippen LogP contribution in [0.25, 0.3) is 0 Å². The van der Waals surface area contributed by atoms with Gasteiger partial charge in [-0.1, -0.05) is 0 Å². The van der Waals surface area contributed by atoms with Gasteiger partial charge in [0.05, 0.1) is 17.1 Å². The van der Waals surface area contributed by atoms with Crippen molar-refractivity contribution in [1.29, 1.82) is 0 Å². The minimum absolute atomic E-state index is 0.400. The maximum Gasteiger partial charge on any atom is 0.311 e. The van der Waals surface area contributed by atoms with E-state index < -0.39 is 11.9 Å². The Labute approximate surface area is 80.4 Å². The molecule has 0 aliphatic heterocycles. The van der Waals surface area contributed by atoms with Crippen molar-refractivity contribution in [3.05, 3.63) is 16.1 Å². The average molecular weight is 197 g/mol. The first kappa shape index (κ1) is 8.69. The van der Waals surface area contributed by atoms with Crippen molar-refractivity contribution >= 4 is 17.3 Å². The summed E-state index contributed by atoms with van der Waals surface area (Å²) in [5, 5.41) is 8.86. The fraction of sp³-hybridized carbons (Fsp3) is 0.556. The number of hydrogen-bond acceptors (Lipinski definition) is 3. The number of carboxylic acids is 1. The third-order valence-corrected chi connectivity index (χ3v) is 3.38. The van der Waals surface area contributed by atoms with Crippen LogP contribution in [-0.2, 0) is 4.79 Å². The number of carbonyl (C=O) groups is 1. The van der Waals surface area contributed by atoms with E-state index in [1.807, 2.05) is 0 Å². The number of thiazole rings is 1. The fourth-order valence-corrected chi connectivity index (χ4v) is 2.29. The van der Waals surface area contributed by atoms with Crippen LogP contribution in [-0.4, -0.2) is 16.1 Å². The van der Waals surface area contributed by atoms with Crippen molar-refractivity contribution < 1.29 is 9.90 Å². The molecule has 13 heavy (non-hydrogen) atoms. The summed E-state index contributed by atoms with van der Waals surface area (Å²) in [4.78, 5) is 15.9. The molecule has 1 aromatic heterocycles. The summed E-state index contributed by atoms with van der Waals surface area (Å²) < 4.78 is 0. The molecule has 1 unspecified atom stereocenters. The van der Waals surface area contributed by atoms with Gasteiger partial charge in [-0.3, -0.25) is 4.79 Å². The average Bonchev–Trinajstić information content (AvgIpc) is 2.83. The number of aromatic nitrogens is 1. The van der Waals surface area contributed by atoms with E-state index in [9.17, 15) is 4.79 Å². The van der Waals surface area contributed by atoms with Gasteiger partial charge in [0.25, 0.3) is 0 Å². The van der Waals surface area contributed by atoms with E-state index >= 15 is 0 Å². The number of carboxylic acid groups (broad SMARTS) is 1. The number of rotatable bonds is 3. The zero-order chi connectivity index (χ0) is 9.42. The molecule has 0 aromatic carbocycles. The minimum Gasteiger partial charge on any atom is -0.481 e. The summed E-state index contributed by atoms with van der Waals surface area (Å²) >= 11 is 1.46. The summed E-state index contributed by atoms with van der Waals surface area (Å²) in [6, 6.07) is 0. The fourth-order valence-electron chi connectivity index (χ4n) is 1.36. The van der Waals surface area contributed by atoms with Gasteiger partial charge in [-0.25, -0.2) is 4.98 Å². The number of nitrogens with zero attached hydrogens (tertiary/aromatic N) is 1. The molecule has 70 valence electrons. The highest BCUT2D eigenvalue weighted by Crippen LogP contribution is 2.43. The molecule has 1 heterocycles. The number of hydrogen-bond donors (Lipinski definition) is 1. The lowest BCUT2D eigenvalue weighted by atomic mass is 10.1. The molecular formula is C9H11NO2S. The van der Waals surface area contributed by atoms with E-state index in [-0.39, 0.29) is 0 Å². The Kier molecular flexibility index (Phi) is 2.07. The van der Waals surface area contributed by atoms with E-state index in [4.69, 9.17) is 5.11 Å². The van der Waals surface area contributed by atoms with Crippen LogP contribution >= 0.6 is 11.3 Å². The predicted octanol–water partition coefficient (Wildman–Crippen LogP) is 2.21. The van der Waals surface area contributed by atoms with E-state index in [0.29, 0.717) is 5.92 Å². The SMILES string of the molecule is CC(C(=O)O)c1scnc1C1CC1. The predicted molar refractivity (Wildman–Crippen MR) is 50.1 cm³/mol. The van der Waals surface area contributed by atoms with Crippen molar-refractivity contribution in [2.75, 3.05) is 0 Å². The van der Waals surface area contributed by atoms with Crippen LogP contribution in [0, 0.1) is 0 Å². The Morgan fingerprint density at radius 1 is 1.77 bits per heavy atom. The smallest absolute Gasteiger partial charge is 0.311 e. The van der Waals surface area contributed by atoms with Gasteiger partial charge in [-0.05, 0) is 19.8 Å². The van der Waals surface area contributed by atoms with Crippen molar-refractivity contribution in [3.8, 4) is 0 Å². The zero-order valence-corrected chi connectivity index (χ0v) is 8.17. The summed E-state index contributed by atoms with van der Waals surface area (Å²) in [7, 11) is 0. The summed E-state index contributed by atoms with van der Waals surface area (Å²) in [5.74, 6) is -0.614. The molecule has 0 radical (unpaired) electrons. The monoisotopic (exact) mass is 197 g/mol. The molecule has 0 saturated heterocycles. The van der Waals surface area contributed by atoms with Gasteiger partial charge >= 0.3 is 5.97 Å². The van der Waals surface area contributed by atoms with Crippen molar-refractivity contribution in [3.63, 3.8) is 0 Å². The lowest BCUT2D eigenvalue weighted by Gasteiger charge is -2.04. The van der Waals surface area contributed by atoms with Crippen LogP contribution in [0.1, 0.15) is 42.2 Å². The van der Waals surface area contributed by atoms with Gasteiger partial charge in [-0.15, -0.1) is 11.3 Å². The molecule has 1 aliphatic rings. The molecule has 0 bridgehead atoms. The second-order valence-electron chi connectivity index (χ2n) is 3.44. The second-order valence-corrected chi connectivity index (χ2v) is 4.32. The molecule has 4 heteroatoms. The van der Waals surface area contributed by atoms with E-state index in [1.54, 1.807) is 12.4 Å². The Balaban J connectivity index is 2.27.